The van der Waals surface area contributed by atoms with Crippen molar-refractivity contribution >= 4 is 69.9 Å². The van der Waals surface area contributed by atoms with Crippen molar-refractivity contribution in [1.82, 2.24) is 5.32 Å². The first kappa shape index (κ1) is 30.9. The molecule has 12 heteroatoms. The van der Waals surface area contributed by atoms with E-state index in [-0.39, 0.29) is 10.7 Å². The molecule has 3 N–H and O–H groups in total. The average Bonchev–Trinajstić information content (AvgIpc) is 3.47. The Morgan fingerprint density at radius 2 is 1.71 bits per heavy atom. The van der Waals surface area contributed by atoms with E-state index in [2.05, 4.69) is 16.0 Å². The summed E-state index contributed by atoms with van der Waals surface area (Å²) in [7, 11) is 0. The van der Waals surface area contributed by atoms with Gasteiger partial charge in [0.15, 0.2) is 0 Å². The number of rotatable bonds is 9. The number of halogens is 4. The Bertz CT molecular complexity index is 1610. The largest absolute Gasteiger partial charge is 0.418 e. The van der Waals surface area contributed by atoms with E-state index in [0.717, 1.165) is 29.5 Å². The van der Waals surface area contributed by atoms with Gasteiger partial charge in [0, 0.05) is 21.2 Å². The molecule has 0 aliphatic rings. The van der Waals surface area contributed by atoms with Gasteiger partial charge in [0.2, 0.25) is 5.91 Å². The average molecular weight is 630 g/mol. The van der Waals surface area contributed by atoms with Crippen LogP contribution in [0, 0.1) is 0 Å². The van der Waals surface area contributed by atoms with E-state index in [0.29, 0.717) is 16.1 Å². The Labute approximate surface area is 253 Å². The lowest BCUT2D eigenvalue weighted by molar-refractivity contribution is -0.137. The molecule has 0 spiro atoms. The van der Waals surface area contributed by atoms with E-state index in [9.17, 15) is 27.6 Å². The number of nitrogens with one attached hydrogen (secondary N) is 3. The molecule has 0 radical (unpaired) electrons. The molecule has 0 saturated heterocycles. The first-order valence-electron chi connectivity index (χ1n) is 12.4. The van der Waals surface area contributed by atoms with Crippen LogP contribution in [-0.4, -0.2) is 23.0 Å². The minimum absolute atomic E-state index is 0.0245. The highest BCUT2D eigenvalue weighted by Gasteiger charge is 2.34. The first-order valence-corrected chi connectivity index (χ1v) is 14.6. The van der Waals surface area contributed by atoms with E-state index >= 15 is 0 Å². The summed E-state index contributed by atoms with van der Waals surface area (Å²) in [6.45, 7) is 1.55. The lowest BCUT2D eigenvalue weighted by Crippen LogP contribution is -2.30. The molecule has 0 fully saturated rings. The van der Waals surface area contributed by atoms with Gasteiger partial charge in [-0.3, -0.25) is 14.4 Å². The van der Waals surface area contributed by atoms with E-state index in [1.54, 1.807) is 73.7 Å². The smallest absolute Gasteiger partial charge is 0.325 e. The van der Waals surface area contributed by atoms with Crippen LogP contribution in [0.25, 0.3) is 6.08 Å². The van der Waals surface area contributed by atoms with Crippen LogP contribution in [0.4, 0.5) is 24.5 Å². The van der Waals surface area contributed by atoms with Crippen LogP contribution in [0.15, 0.2) is 100 Å². The summed E-state index contributed by atoms with van der Waals surface area (Å²) >= 11 is 8.25. The molecule has 4 aromatic rings. The molecule has 0 aliphatic carbocycles. The van der Waals surface area contributed by atoms with Gasteiger partial charge in [-0.2, -0.15) is 24.5 Å². The zero-order valence-corrected chi connectivity index (χ0v) is 24.3. The number of benzene rings is 3. The fourth-order valence-corrected chi connectivity index (χ4v) is 5.38. The molecular formula is C30H23ClF3N3O3S2. The number of anilines is 2. The summed E-state index contributed by atoms with van der Waals surface area (Å²) in [5, 5.41) is 10.5. The highest BCUT2D eigenvalue weighted by Crippen LogP contribution is 2.37. The number of carbonyl (C=O) groups is 3. The second-order valence-electron chi connectivity index (χ2n) is 8.85. The Morgan fingerprint density at radius 1 is 0.952 bits per heavy atom. The molecule has 0 aliphatic heterocycles. The van der Waals surface area contributed by atoms with Crippen molar-refractivity contribution in [3.8, 4) is 0 Å². The van der Waals surface area contributed by atoms with E-state index in [1.165, 1.54) is 17.4 Å². The summed E-state index contributed by atoms with van der Waals surface area (Å²) < 4.78 is 40.3. The van der Waals surface area contributed by atoms with Crippen LogP contribution in [-0.2, 0) is 15.8 Å². The monoisotopic (exact) mass is 629 g/mol. The Balaban J connectivity index is 1.45. The molecule has 0 saturated carbocycles. The number of amides is 3. The molecule has 1 heterocycles. The van der Waals surface area contributed by atoms with Crippen LogP contribution >= 0.6 is 34.7 Å². The van der Waals surface area contributed by atoms with Crippen LogP contribution in [0.5, 0.6) is 0 Å². The maximum absolute atomic E-state index is 13.4. The number of alkyl halides is 3. The Kier molecular flexibility index (Phi) is 10.1. The van der Waals surface area contributed by atoms with Crippen molar-refractivity contribution in [3.05, 3.63) is 117 Å². The Hall–Kier alpha value is -4.06. The predicted octanol–water partition coefficient (Wildman–Crippen LogP) is 7.95. The van der Waals surface area contributed by atoms with Gasteiger partial charge >= 0.3 is 6.18 Å². The molecule has 4 rings (SSSR count). The minimum atomic E-state index is -4.70. The zero-order valence-electron chi connectivity index (χ0n) is 21.9. The summed E-state index contributed by atoms with van der Waals surface area (Å²) in [4.78, 5) is 39.3. The molecule has 1 aromatic heterocycles. The standard InChI is InChI=1S/C30H23ClF3N3O3S2/c1-18(27(38)36-25-11-10-21(31)15-24(25)30(32,33)34)42-23-9-5-8-22(16-23)35-29(40)26(14-19-12-13-41-17-19)37-28(39)20-6-3-2-4-7-20/h2-18H,1H3,(H,35,40)(H,36,38)(H,37,39)/b26-14-. The van der Waals surface area contributed by atoms with E-state index < -0.39 is 40.4 Å². The molecule has 3 amide bonds. The van der Waals surface area contributed by atoms with Crippen molar-refractivity contribution in [2.75, 3.05) is 10.6 Å². The second-order valence-corrected chi connectivity index (χ2v) is 11.5. The molecular weight excluding hydrogens is 607 g/mol. The van der Waals surface area contributed by atoms with Crippen molar-refractivity contribution in [2.45, 2.75) is 23.2 Å². The van der Waals surface area contributed by atoms with E-state index in [1.807, 2.05) is 10.8 Å². The number of thiophene rings is 1. The third-order valence-electron chi connectivity index (χ3n) is 5.70. The van der Waals surface area contributed by atoms with Crippen molar-refractivity contribution < 1.29 is 27.6 Å². The molecule has 6 nitrogen and oxygen atoms in total. The molecule has 0 bridgehead atoms. The number of hydrogen-bond donors (Lipinski definition) is 3. The highest BCUT2D eigenvalue weighted by atomic mass is 35.5. The van der Waals surface area contributed by atoms with Crippen LogP contribution in [0.1, 0.15) is 28.4 Å². The van der Waals surface area contributed by atoms with Gasteiger partial charge in [-0.25, -0.2) is 0 Å². The quantitative estimate of drug-likeness (QED) is 0.130. The van der Waals surface area contributed by atoms with E-state index in [4.69, 9.17) is 11.6 Å². The summed E-state index contributed by atoms with van der Waals surface area (Å²) in [5.41, 5.74) is 0.0882. The van der Waals surface area contributed by atoms with Crippen molar-refractivity contribution in [2.24, 2.45) is 0 Å². The molecule has 42 heavy (non-hydrogen) atoms. The third kappa shape index (κ3) is 8.48. The predicted molar refractivity (Wildman–Crippen MR) is 162 cm³/mol. The summed E-state index contributed by atoms with van der Waals surface area (Å²) in [6.07, 6.45) is -3.14. The second kappa shape index (κ2) is 13.7. The molecule has 216 valence electrons. The fourth-order valence-electron chi connectivity index (χ4n) is 3.66. The third-order valence-corrected chi connectivity index (χ3v) is 7.73. The normalized spacial score (nSPS) is 12.4. The maximum Gasteiger partial charge on any atom is 0.418 e. The number of carbonyl (C=O) groups excluding carboxylic acids is 3. The molecule has 1 atom stereocenters. The summed E-state index contributed by atoms with van der Waals surface area (Å²) in [5.74, 6) is -1.67. The minimum Gasteiger partial charge on any atom is -0.325 e. The SMILES string of the molecule is CC(Sc1cccc(NC(=O)/C(=C/c2ccsc2)NC(=O)c2ccccc2)c1)C(=O)Nc1ccc(Cl)cc1C(F)(F)F. The highest BCUT2D eigenvalue weighted by molar-refractivity contribution is 8.00. The lowest BCUT2D eigenvalue weighted by atomic mass is 10.1. The van der Waals surface area contributed by atoms with Gasteiger partial charge in [-0.1, -0.05) is 35.9 Å². The fraction of sp³-hybridized carbons (Fsp3) is 0.100. The van der Waals surface area contributed by atoms with Crippen LogP contribution in [0.2, 0.25) is 5.02 Å². The zero-order chi connectivity index (χ0) is 30.3. The number of hydrogen-bond acceptors (Lipinski definition) is 5. The lowest BCUT2D eigenvalue weighted by Gasteiger charge is -2.17. The van der Waals surface area contributed by atoms with Crippen molar-refractivity contribution in [1.29, 1.82) is 0 Å². The van der Waals surface area contributed by atoms with Crippen molar-refractivity contribution in [3.63, 3.8) is 0 Å². The van der Waals surface area contributed by atoms with Gasteiger partial charge in [0.05, 0.1) is 16.5 Å². The maximum atomic E-state index is 13.4. The topological polar surface area (TPSA) is 87.3 Å². The van der Waals surface area contributed by atoms with Gasteiger partial charge in [-0.15, -0.1) is 11.8 Å². The van der Waals surface area contributed by atoms with Crippen LogP contribution in [0.3, 0.4) is 0 Å². The van der Waals surface area contributed by atoms with Gasteiger partial charge in [0.1, 0.15) is 5.70 Å². The molecule has 1 unspecified atom stereocenters. The van der Waals surface area contributed by atoms with Gasteiger partial charge < -0.3 is 16.0 Å². The molecule has 3 aromatic carbocycles. The van der Waals surface area contributed by atoms with Crippen LogP contribution < -0.4 is 16.0 Å². The first-order chi connectivity index (χ1) is 20.0. The number of thioether (sulfide) groups is 1. The van der Waals surface area contributed by atoms with Gasteiger partial charge in [-0.05, 0) is 83.9 Å². The summed E-state index contributed by atoms with van der Waals surface area (Å²) in [6, 6.07) is 20.0. The van der Waals surface area contributed by atoms with Gasteiger partial charge in [0.25, 0.3) is 11.8 Å². The Morgan fingerprint density at radius 3 is 2.40 bits per heavy atom.